The number of nitrogens with one attached hydrogen (secondary N) is 1. The predicted molar refractivity (Wildman–Crippen MR) is 122 cm³/mol. The summed E-state index contributed by atoms with van der Waals surface area (Å²) in [5.41, 5.74) is 1.93. The van der Waals surface area contributed by atoms with Gasteiger partial charge in [0.1, 0.15) is 11.1 Å². The molecule has 6 nitrogen and oxygen atoms in total. The van der Waals surface area contributed by atoms with E-state index in [0.717, 1.165) is 27.5 Å². The number of fused-ring (bicyclic) bond motifs is 2. The molecule has 5 rings (SSSR count). The van der Waals surface area contributed by atoms with E-state index in [9.17, 15) is 14.4 Å². The Morgan fingerprint density at radius 2 is 1.69 bits per heavy atom. The Balaban J connectivity index is 1.59. The minimum atomic E-state index is -1.21. The molecular formula is C26H22N2O4. The Morgan fingerprint density at radius 1 is 0.938 bits per heavy atom. The summed E-state index contributed by atoms with van der Waals surface area (Å²) in [4.78, 5) is 39.9. The summed E-state index contributed by atoms with van der Waals surface area (Å²) in [6.45, 7) is 5.53. The van der Waals surface area contributed by atoms with E-state index in [1.54, 1.807) is 6.92 Å². The molecule has 0 saturated carbocycles. The van der Waals surface area contributed by atoms with Gasteiger partial charge in [-0.25, -0.2) is 9.59 Å². The summed E-state index contributed by atoms with van der Waals surface area (Å²) >= 11 is 0. The number of amides is 3. The number of hydrogen-bond donors (Lipinski definition) is 1. The van der Waals surface area contributed by atoms with Crippen LogP contribution in [0.1, 0.15) is 29.2 Å². The van der Waals surface area contributed by atoms with Gasteiger partial charge in [-0.05, 0) is 53.8 Å². The monoisotopic (exact) mass is 426 g/mol. The Hall–Kier alpha value is -3.93. The number of rotatable bonds is 3. The lowest BCUT2D eigenvalue weighted by atomic mass is 9.87. The summed E-state index contributed by atoms with van der Waals surface area (Å²) in [6.07, 6.45) is 0. The van der Waals surface area contributed by atoms with E-state index in [-0.39, 0.29) is 12.5 Å². The third-order valence-corrected chi connectivity index (χ3v) is 6.45. The molecular weight excluding hydrogens is 404 g/mol. The zero-order valence-corrected chi connectivity index (χ0v) is 18.1. The maximum Gasteiger partial charge on any atom is 0.336 e. The normalized spacial score (nSPS) is 18.5. The van der Waals surface area contributed by atoms with Gasteiger partial charge in [0.15, 0.2) is 0 Å². The van der Waals surface area contributed by atoms with Crippen molar-refractivity contribution in [3.8, 4) is 0 Å². The molecule has 1 aliphatic heterocycles. The molecule has 1 unspecified atom stereocenters. The highest BCUT2D eigenvalue weighted by Crippen LogP contribution is 2.35. The first-order valence-corrected chi connectivity index (χ1v) is 10.4. The highest BCUT2D eigenvalue weighted by atomic mass is 16.4. The van der Waals surface area contributed by atoms with Crippen LogP contribution >= 0.6 is 0 Å². The number of carbonyl (C=O) groups excluding carboxylic acids is 2. The average molecular weight is 426 g/mol. The third-order valence-electron chi connectivity index (χ3n) is 6.45. The maximum absolute atomic E-state index is 13.6. The first-order chi connectivity index (χ1) is 15.3. The van der Waals surface area contributed by atoms with Gasteiger partial charge >= 0.3 is 11.7 Å². The molecule has 0 radical (unpaired) electrons. The number of aryl methyl sites for hydroxylation is 2. The standard InChI is InChI=1S/C26H22N2O4/c1-15-11-12-20-18(13-22(29)32-23(20)16(15)2)14-28-24(30)26(3,27-25(28)31)21-10-6-8-17-7-4-5-9-19(17)21/h4-13H,14H2,1-3H3,(H,27,31). The minimum Gasteiger partial charge on any atom is -0.422 e. The molecule has 0 aliphatic carbocycles. The van der Waals surface area contributed by atoms with Gasteiger partial charge in [-0.1, -0.05) is 54.6 Å². The van der Waals surface area contributed by atoms with E-state index >= 15 is 0 Å². The summed E-state index contributed by atoms with van der Waals surface area (Å²) in [6, 6.07) is 18.1. The fourth-order valence-corrected chi connectivity index (χ4v) is 4.51. The van der Waals surface area contributed by atoms with Crippen LogP contribution in [0.2, 0.25) is 0 Å². The van der Waals surface area contributed by atoms with Crippen LogP contribution in [0.25, 0.3) is 21.7 Å². The van der Waals surface area contributed by atoms with Crippen LogP contribution in [-0.4, -0.2) is 16.8 Å². The molecule has 1 aliphatic rings. The Labute approximate surface area is 184 Å². The predicted octanol–water partition coefficient (Wildman–Crippen LogP) is 4.53. The molecule has 1 N–H and O–H groups in total. The first-order valence-electron chi connectivity index (χ1n) is 10.4. The molecule has 1 saturated heterocycles. The quantitative estimate of drug-likeness (QED) is 0.386. The van der Waals surface area contributed by atoms with E-state index in [1.807, 2.05) is 68.4 Å². The van der Waals surface area contributed by atoms with Crippen molar-refractivity contribution in [1.29, 1.82) is 0 Å². The highest BCUT2D eigenvalue weighted by Gasteiger charge is 2.49. The van der Waals surface area contributed by atoms with Gasteiger partial charge in [-0.3, -0.25) is 9.69 Å². The van der Waals surface area contributed by atoms with Crippen LogP contribution in [0.4, 0.5) is 4.79 Å². The van der Waals surface area contributed by atoms with Gasteiger partial charge in [-0.15, -0.1) is 0 Å². The molecule has 4 aromatic rings. The molecule has 3 aromatic carbocycles. The number of hydrogen-bond acceptors (Lipinski definition) is 4. The average Bonchev–Trinajstić information content (AvgIpc) is 3.00. The molecule has 32 heavy (non-hydrogen) atoms. The number of carbonyl (C=O) groups is 2. The molecule has 160 valence electrons. The van der Waals surface area contributed by atoms with Gasteiger partial charge in [-0.2, -0.15) is 0 Å². The second-order valence-corrected chi connectivity index (χ2v) is 8.45. The van der Waals surface area contributed by atoms with Crippen LogP contribution in [0, 0.1) is 13.8 Å². The van der Waals surface area contributed by atoms with Crippen molar-refractivity contribution in [2.24, 2.45) is 0 Å². The lowest BCUT2D eigenvalue weighted by Crippen LogP contribution is -2.41. The lowest BCUT2D eigenvalue weighted by Gasteiger charge is -2.24. The van der Waals surface area contributed by atoms with Crippen molar-refractivity contribution in [3.63, 3.8) is 0 Å². The van der Waals surface area contributed by atoms with Crippen LogP contribution < -0.4 is 10.9 Å². The fourth-order valence-electron chi connectivity index (χ4n) is 4.51. The van der Waals surface area contributed by atoms with E-state index < -0.39 is 17.2 Å². The number of imide groups is 1. The van der Waals surface area contributed by atoms with Gasteiger partial charge < -0.3 is 9.73 Å². The van der Waals surface area contributed by atoms with E-state index in [0.29, 0.717) is 16.5 Å². The van der Waals surface area contributed by atoms with Gasteiger partial charge in [0.25, 0.3) is 5.91 Å². The van der Waals surface area contributed by atoms with Crippen LogP contribution in [0.5, 0.6) is 0 Å². The first kappa shape index (κ1) is 20.0. The summed E-state index contributed by atoms with van der Waals surface area (Å²) < 4.78 is 5.43. The zero-order chi connectivity index (χ0) is 22.6. The maximum atomic E-state index is 13.6. The van der Waals surface area contributed by atoms with E-state index in [1.165, 1.54) is 11.0 Å². The SMILES string of the molecule is Cc1ccc2c(CN3C(=O)NC(C)(c4cccc5ccccc45)C3=O)cc(=O)oc2c1C. The van der Waals surface area contributed by atoms with Crippen molar-refractivity contribution in [2.75, 3.05) is 0 Å². The molecule has 2 heterocycles. The fraction of sp³-hybridized carbons (Fsp3) is 0.192. The molecule has 1 fully saturated rings. The third kappa shape index (κ3) is 2.91. The molecule has 1 atom stereocenters. The highest BCUT2D eigenvalue weighted by molar-refractivity contribution is 6.09. The van der Waals surface area contributed by atoms with E-state index in [2.05, 4.69) is 5.32 Å². The number of nitrogens with zero attached hydrogens (tertiary/aromatic N) is 1. The van der Waals surface area contributed by atoms with Crippen molar-refractivity contribution in [3.05, 3.63) is 93.3 Å². The minimum absolute atomic E-state index is 0.0182. The molecule has 3 amide bonds. The summed E-state index contributed by atoms with van der Waals surface area (Å²) in [5, 5.41) is 5.49. The molecule has 6 heteroatoms. The molecule has 0 spiro atoms. The summed E-state index contributed by atoms with van der Waals surface area (Å²) in [7, 11) is 0. The van der Waals surface area contributed by atoms with Crippen molar-refractivity contribution < 1.29 is 14.0 Å². The Bertz CT molecular complexity index is 1480. The number of urea groups is 1. The second kappa shape index (κ2) is 7.05. The van der Waals surface area contributed by atoms with Crippen molar-refractivity contribution in [2.45, 2.75) is 32.9 Å². The Kier molecular flexibility index (Phi) is 4.41. The van der Waals surface area contributed by atoms with Gasteiger partial charge in [0, 0.05) is 11.5 Å². The van der Waals surface area contributed by atoms with Crippen LogP contribution in [0.3, 0.4) is 0 Å². The largest absolute Gasteiger partial charge is 0.422 e. The van der Waals surface area contributed by atoms with Gasteiger partial charge in [0.2, 0.25) is 0 Å². The van der Waals surface area contributed by atoms with E-state index in [4.69, 9.17) is 4.42 Å². The van der Waals surface area contributed by atoms with Crippen LogP contribution in [-0.2, 0) is 16.9 Å². The van der Waals surface area contributed by atoms with Crippen molar-refractivity contribution in [1.82, 2.24) is 10.2 Å². The smallest absolute Gasteiger partial charge is 0.336 e. The molecule has 1 aromatic heterocycles. The van der Waals surface area contributed by atoms with Crippen LogP contribution in [0.15, 0.2) is 69.9 Å². The second-order valence-electron chi connectivity index (χ2n) is 8.45. The lowest BCUT2D eigenvalue weighted by molar-refractivity contribution is -0.131. The zero-order valence-electron chi connectivity index (χ0n) is 18.1. The summed E-state index contributed by atoms with van der Waals surface area (Å²) in [5.74, 6) is -0.357. The van der Waals surface area contributed by atoms with Crippen molar-refractivity contribution >= 4 is 33.7 Å². The molecule has 0 bridgehead atoms. The Morgan fingerprint density at radius 3 is 2.50 bits per heavy atom. The number of benzene rings is 3. The van der Waals surface area contributed by atoms with Gasteiger partial charge in [0.05, 0.1) is 6.54 Å². The topological polar surface area (TPSA) is 79.6 Å².